The third-order valence-electron chi connectivity index (χ3n) is 5.08. The van der Waals surface area contributed by atoms with Gasteiger partial charge in [-0.15, -0.1) is 0 Å². The molecule has 0 saturated heterocycles. The highest BCUT2D eigenvalue weighted by molar-refractivity contribution is 7.89. The van der Waals surface area contributed by atoms with Crippen LogP contribution in [0.5, 0.6) is 0 Å². The maximum absolute atomic E-state index is 13.3. The molecule has 1 amide bonds. The smallest absolute Gasteiger partial charge is 0.271 e. The number of hydrogen-bond donors (Lipinski definition) is 2. The zero-order valence-corrected chi connectivity index (χ0v) is 18.3. The number of aliphatic hydroxyl groups is 1. The van der Waals surface area contributed by atoms with Crippen molar-refractivity contribution in [3.05, 3.63) is 88.7 Å². The van der Waals surface area contributed by atoms with Crippen LogP contribution in [0.2, 0.25) is 0 Å². The van der Waals surface area contributed by atoms with E-state index in [1.807, 2.05) is 54.6 Å². The van der Waals surface area contributed by atoms with Gasteiger partial charge in [-0.2, -0.15) is 0 Å². The number of hydrogen-bond acceptors (Lipinski definition) is 5. The number of rotatable bonds is 8. The van der Waals surface area contributed by atoms with E-state index in [4.69, 9.17) is 9.56 Å². The second-order valence-corrected chi connectivity index (χ2v) is 8.85. The van der Waals surface area contributed by atoms with E-state index >= 15 is 0 Å². The van der Waals surface area contributed by atoms with Gasteiger partial charge in [0.25, 0.3) is 15.9 Å². The Morgan fingerprint density at radius 1 is 1.10 bits per heavy atom. The molecule has 3 rings (SSSR count). The summed E-state index contributed by atoms with van der Waals surface area (Å²) in [4.78, 5) is 14.8. The SMILES string of the molecule is CCc1ccc(C(O)CN(Cc2ccccc2)C(=O)c2cc(S(N)(=O)=O)oc2C)cc1. The Hall–Kier alpha value is -2.94. The zero-order chi connectivity index (χ0) is 22.6. The molecule has 164 valence electrons. The molecule has 1 atom stereocenters. The average molecular weight is 443 g/mol. The molecule has 1 aromatic heterocycles. The van der Waals surface area contributed by atoms with Crippen molar-refractivity contribution in [1.82, 2.24) is 4.90 Å². The van der Waals surface area contributed by atoms with Gasteiger partial charge >= 0.3 is 0 Å². The lowest BCUT2D eigenvalue weighted by atomic mass is 10.0. The van der Waals surface area contributed by atoms with Crippen LogP contribution < -0.4 is 5.14 Å². The first-order valence-corrected chi connectivity index (χ1v) is 11.5. The number of benzene rings is 2. The summed E-state index contributed by atoms with van der Waals surface area (Å²) in [5, 5.41) is 15.5. The predicted molar refractivity (Wildman–Crippen MR) is 117 cm³/mol. The number of carbonyl (C=O) groups is 1. The Kier molecular flexibility index (Phi) is 6.94. The highest BCUT2D eigenvalue weighted by Gasteiger charge is 2.26. The number of nitrogens with zero attached hydrogens (tertiary/aromatic N) is 1. The lowest BCUT2D eigenvalue weighted by molar-refractivity contribution is 0.0602. The fraction of sp³-hybridized carbons (Fsp3) is 0.261. The number of sulfonamides is 1. The summed E-state index contributed by atoms with van der Waals surface area (Å²) >= 11 is 0. The first kappa shape index (κ1) is 22.7. The molecule has 1 heterocycles. The van der Waals surface area contributed by atoms with Crippen molar-refractivity contribution in [1.29, 1.82) is 0 Å². The van der Waals surface area contributed by atoms with Gasteiger partial charge in [0, 0.05) is 12.6 Å². The number of carbonyl (C=O) groups excluding carboxylic acids is 1. The summed E-state index contributed by atoms with van der Waals surface area (Å²) in [5.74, 6) is -0.307. The first-order valence-electron chi connectivity index (χ1n) is 9.92. The minimum atomic E-state index is -4.08. The Labute approximate surface area is 182 Å². The summed E-state index contributed by atoms with van der Waals surface area (Å²) in [6, 6.07) is 18.1. The molecule has 8 heteroatoms. The second kappa shape index (κ2) is 9.47. The van der Waals surface area contributed by atoms with Gasteiger partial charge < -0.3 is 14.4 Å². The molecule has 0 radical (unpaired) electrons. The molecule has 3 N–H and O–H groups in total. The Balaban J connectivity index is 1.90. The molecular formula is C23H26N2O5S. The number of primary sulfonamides is 1. The Morgan fingerprint density at radius 3 is 2.29 bits per heavy atom. The maximum Gasteiger partial charge on any atom is 0.271 e. The van der Waals surface area contributed by atoms with Crippen molar-refractivity contribution >= 4 is 15.9 Å². The van der Waals surface area contributed by atoms with E-state index in [1.54, 1.807) is 0 Å². The molecular weight excluding hydrogens is 416 g/mol. The predicted octanol–water partition coefficient (Wildman–Crippen LogP) is 3.17. The summed E-state index contributed by atoms with van der Waals surface area (Å²) in [7, 11) is -4.08. The normalized spacial score (nSPS) is 12.5. The van der Waals surface area contributed by atoms with Crippen LogP contribution in [0, 0.1) is 6.92 Å². The summed E-state index contributed by atoms with van der Waals surface area (Å²) in [6.45, 7) is 3.81. The highest BCUT2D eigenvalue weighted by atomic mass is 32.2. The topological polar surface area (TPSA) is 114 Å². The first-order chi connectivity index (χ1) is 14.7. The molecule has 0 aliphatic rings. The monoisotopic (exact) mass is 442 g/mol. The van der Waals surface area contributed by atoms with Crippen LogP contribution in [0.3, 0.4) is 0 Å². The minimum absolute atomic E-state index is 0.0223. The van der Waals surface area contributed by atoms with Gasteiger partial charge in [0.1, 0.15) is 5.76 Å². The zero-order valence-electron chi connectivity index (χ0n) is 17.5. The maximum atomic E-state index is 13.3. The standard InChI is InChI=1S/C23H26N2O5S/c1-3-17-9-11-19(12-10-17)21(26)15-25(14-18-7-5-4-6-8-18)23(27)20-13-22(30-16(20)2)31(24,28)29/h4-13,21,26H,3,14-15H2,1-2H3,(H2,24,28,29). The van der Waals surface area contributed by atoms with Crippen molar-refractivity contribution in [2.45, 2.75) is 38.0 Å². The Morgan fingerprint density at radius 2 is 1.74 bits per heavy atom. The summed E-state index contributed by atoms with van der Waals surface area (Å²) < 4.78 is 28.4. The van der Waals surface area contributed by atoms with Crippen molar-refractivity contribution in [2.75, 3.05) is 6.54 Å². The van der Waals surface area contributed by atoms with Crippen molar-refractivity contribution in [2.24, 2.45) is 5.14 Å². The number of amides is 1. The number of furan rings is 1. The van der Waals surface area contributed by atoms with Crippen LogP contribution in [0.15, 0.2) is 70.2 Å². The van der Waals surface area contributed by atoms with Crippen LogP contribution in [0.4, 0.5) is 0 Å². The van der Waals surface area contributed by atoms with Crippen LogP contribution in [0.25, 0.3) is 0 Å². The van der Waals surface area contributed by atoms with Gasteiger partial charge in [-0.05, 0) is 30.0 Å². The molecule has 0 spiro atoms. The van der Waals surface area contributed by atoms with Crippen LogP contribution in [0.1, 0.15) is 45.8 Å². The van der Waals surface area contributed by atoms with E-state index in [2.05, 4.69) is 6.92 Å². The molecule has 2 aromatic carbocycles. The van der Waals surface area contributed by atoms with Crippen molar-refractivity contribution in [3.63, 3.8) is 0 Å². The largest absolute Gasteiger partial charge is 0.448 e. The number of nitrogens with two attached hydrogens (primary N) is 1. The molecule has 1 unspecified atom stereocenters. The average Bonchev–Trinajstić information content (AvgIpc) is 3.15. The molecule has 31 heavy (non-hydrogen) atoms. The van der Waals surface area contributed by atoms with Gasteiger partial charge in [-0.25, -0.2) is 13.6 Å². The molecule has 3 aromatic rings. The molecule has 0 saturated carbocycles. The van der Waals surface area contributed by atoms with E-state index in [9.17, 15) is 18.3 Å². The quantitative estimate of drug-likeness (QED) is 0.556. The Bertz CT molecular complexity index is 1140. The molecule has 0 aliphatic heterocycles. The lowest BCUT2D eigenvalue weighted by Gasteiger charge is -2.26. The van der Waals surface area contributed by atoms with E-state index in [0.717, 1.165) is 23.6 Å². The van der Waals surface area contributed by atoms with Gasteiger partial charge in [-0.3, -0.25) is 4.79 Å². The minimum Gasteiger partial charge on any atom is -0.448 e. The molecule has 7 nitrogen and oxygen atoms in total. The molecule has 0 aliphatic carbocycles. The molecule has 0 bridgehead atoms. The fourth-order valence-corrected chi connectivity index (χ4v) is 3.81. The highest BCUT2D eigenvalue weighted by Crippen LogP contribution is 2.23. The van der Waals surface area contributed by atoms with E-state index in [0.29, 0.717) is 5.56 Å². The second-order valence-electron chi connectivity index (χ2n) is 7.36. The lowest BCUT2D eigenvalue weighted by Crippen LogP contribution is -2.34. The van der Waals surface area contributed by atoms with Crippen LogP contribution in [-0.4, -0.2) is 30.9 Å². The fourth-order valence-electron chi connectivity index (χ4n) is 3.29. The number of aryl methyl sites for hydroxylation is 2. The third kappa shape index (κ3) is 5.61. The van der Waals surface area contributed by atoms with Crippen LogP contribution >= 0.6 is 0 Å². The van der Waals surface area contributed by atoms with Crippen LogP contribution in [-0.2, 0) is 23.0 Å². The third-order valence-corrected chi connectivity index (χ3v) is 5.84. The summed E-state index contributed by atoms with van der Waals surface area (Å²) in [5.41, 5.74) is 2.81. The van der Waals surface area contributed by atoms with E-state index in [1.165, 1.54) is 11.8 Å². The van der Waals surface area contributed by atoms with Gasteiger partial charge in [0.15, 0.2) is 0 Å². The van der Waals surface area contributed by atoms with Gasteiger partial charge in [0.2, 0.25) is 5.09 Å². The summed E-state index contributed by atoms with van der Waals surface area (Å²) in [6.07, 6.45) is -0.0234. The number of aliphatic hydroxyl groups excluding tert-OH is 1. The van der Waals surface area contributed by atoms with Crippen molar-refractivity contribution < 1.29 is 22.7 Å². The van der Waals surface area contributed by atoms with Gasteiger partial charge in [-0.1, -0.05) is 61.5 Å². The van der Waals surface area contributed by atoms with E-state index in [-0.39, 0.29) is 24.4 Å². The van der Waals surface area contributed by atoms with E-state index < -0.39 is 27.1 Å². The van der Waals surface area contributed by atoms with Crippen molar-refractivity contribution in [3.8, 4) is 0 Å². The molecule has 0 fully saturated rings. The van der Waals surface area contributed by atoms with Gasteiger partial charge in [0.05, 0.1) is 18.2 Å².